The van der Waals surface area contributed by atoms with E-state index in [0.29, 0.717) is 17.9 Å². The lowest BCUT2D eigenvalue weighted by Crippen LogP contribution is -2.40. The predicted molar refractivity (Wildman–Crippen MR) is 99.5 cm³/mol. The molecule has 1 aliphatic heterocycles. The van der Waals surface area contributed by atoms with Crippen molar-refractivity contribution in [2.24, 2.45) is 4.99 Å². The maximum atomic E-state index is 12.7. The van der Waals surface area contributed by atoms with Crippen molar-refractivity contribution in [3.05, 3.63) is 35.4 Å². The van der Waals surface area contributed by atoms with Crippen molar-refractivity contribution in [1.82, 2.24) is 16.0 Å². The Labute approximate surface area is 161 Å². The van der Waals surface area contributed by atoms with Gasteiger partial charge in [-0.15, -0.1) is 0 Å². The number of hydrogen-bond acceptors (Lipinski definition) is 4. The summed E-state index contributed by atoms with van der Waals surface area (Å²) < 4.78 is 61.0. The van der Waals surface area contributed by atoms with Crippen LogP contribution in [0.2, 0.25) is 0 Å². The van der Waals surface area contributed by atoms with Gasteiger partial charge in [-0.25, -0.2) is 8.42 Å². The Kier molecular flexibility index (Phi) is 7.28. The number of carbonyl (C=O) groups excluding carboxylic acids is 1. The monoisotopic (exact) mass is 420 g/mol. The maximum absolute atomic E-state index is 12.7. The highest BCUT2D eigenvalue weighted by atomic mass is 32.2. The molecule has 1 atom stereocenters. The number of rotatable bonds is 6. The zero-order chi connectivity index (χ0) is 20.8. The summed E-state index contributed by atoms with van der Waals surface area (Å²) in [6.45, 7) is 0.378. The minimum absolute atomic E-state index is 0.0353. The van der Waals surface area contributed by atoms with Gasteiger partial charge in [0.15, 0.2) is 15.8 Å². The average molecular weight is 420 g/mol. The Bertz CT molecular complexity index is 825. The number of aliphatic imine (C=N–C) groups is 1. The highest BCUT2D eigenvalue weighted by molar-refractivity contribution is 7.91. The van der Waals surface area contributed by atoms with Crippen molar-refractivity contribution in [3.63, 3.8) is 0 Å². The van der Waals surface area contributed by atoms with Gasteiger partial charge in [-0.3, -0.25) is 9.79 Å². The number of halogens is 3. The second-order valence-corrected chi connectivity index (χ2v) is 8.70. The molecule has 156 valence electrons. The molecule has 1 heterocycles. The first-order chi connectivity index (χ1) is 13.1. The zero-order valence-electron chi connectivity index (χ0n) is 15.3. The molecule has 1 saturated heterocycles. The van der Waals surface area contributed by atoms with Crippen molar-refractivity contribution in [2.75, 3.05) is 25.1 Å². The van der Waals surface area contributed by atoms with E-state index >= 15 is 0 Å². The fourth-order valence-corrected chi connectivity index (χ4v) is 4.44. The molecule has 7 nitrogen and oxygen atoms in total. The molecule has 0 aromatic heterocycles. The van der Waals surface area contributed by atoms with Gasteiger partial charge in [0, 0.05) is 32.6 Å². The smallest absolute Gasteiger partial charge is 0.356 e. The quantitative estimate of drug-likeness (QED) is 0.472. The largest absolute Gasteiger partial charge is 0.416 e. The van der Waals surface area contributed by atoms with E-state index < -0.39 is 21.6 Å². The molecule has 11 heteroatoms. The Morgan fingerprint density at radius 2 is 2.04 bits per heavy atom. The molecule has 0 saturated carbocycles. The number of nitrogens with one attached hydrogen (secondary N) is 3. The summed E-state index contributed by atoms with van der Waals surface area (Å²) in [4.78, 5) is 15.8. The van der Waals surface area contributed by atoms with Gasteiger partial charge in [0.2, 0.25) is 5.91 Å². The molecular formula is C17H23F3N4O3S. The molecule has 0 bridgehead atoms. The fraction of sp³-hybridized carbons (Fsp3) is 0.529. The minimum atomic E-state index is -4.40. The normalized spacial score (nSPS) is 19.3. The maximum Gasteiger partial charge on any atom is 0.416 e. The zero-order valence-corrected chi connectivity index (χ0v) is 16.2. The number of sulfone groups is 1. The van der Waals surface area contributed by atoms with Gasteiger partial charge in [0.1, 0.15) is 0 Å². The first-order valence-corrected chi connectivity index (χ1v) is 10.5. The van der Waals surface area contributed by atoms with Crippen LogP contribution >= 0.6 is 0 Å². The number of benzene rings is 1. The molecule has 1 aliphatic rings. The van der Waals surface area contributed by atoms with E-state index in [1.165, 1.54) is 13.1 Å². The second-order valence-electron chi connectivity index (χ2n) is 6.47. The summed E-state index contributed by atoms with van der Waals surface area (Å²) in [5, 5.41) is 8.46. The molecule has 3 N–H and O–H groups in total. The van der Waals surface area contributed by atoms with E-state index in [1.807, 2.05) is 0 Å². The van der Waals surface area contributed by atoms with Gasteiger partial charge in [-0.2, -0.15) is 13.2 Å². The van der Waals surface area contributed by atoms with Crippen molar-refractivity contribution >= 4 is 21.7 Å². The summed E-state index contributed by atoms with van der Waals surface area (Å²) in [5.41, 5.74) is -0.279. The molecule has 2 rings (SSSR count). The second kappa shape index (κ2) is 9.26. The Balaban J connectivity index is 1.74. The van der Waals surface area contributed by atoms with Crippen molar-refractivity contribution in [2.45, 2.75) is 31.6 Å². The van der Waals surface area contributed by atoms with Crippen LogP contribution in [0, 0.1) is 0 Å². The van der Waals surface area contributed by atoms with Crippen LogP contribution in [0.25, 0.3) is 0 Å². The number of nitrogens with zero attached hydrogens (tertiary/aromatic N) is 1. The van der Waals surface area contributed by atoms with Crippen LogP contribution in [0.5, 0.6) is 0 Å². The van der Waals surface area contributed by atoms with Gasteiger partial charge in [-0.1, -0.05) is 12.1 Å². The van der Waals surface area contributed by atoms with Crippen LogP contribution in [-0.4, -0.2) is 51.4 Å². The first kappa shape index (κ1) is 22.0. The molecule has 1 amide bonds. The molecule has 1 aromatic carbocycles. The van der Waals surface area contributed by atoms with E-state index in [0.717, 1.165) is 12.1 Å². The Hall–Kier alpha value is -2.30. The summed E-state index contributed by atoms with van der Waals surface area (Å²) in [7, 11) is -1.55. The summed E-state index contributed by atoms with van der Waals surface area (Å²) in [5.74, 6) is 0.117. The van der Waals surface area contributed by atoms with Crippen LogP contribution in [0.15, 0.2) is 29.3 Å². The standard InChI is InChI=1S/C17H23F3N4O3S/c1-21-16(23-10-12-3-2-4-13(9-12)17(18,19)20)22-7-5-15(25)24-14-6-8-28(26,27)11-14/h2-4,9,14H,5-8,10-11H2,1H3,(H,24,25)(H2,21,22,23). The van der Waals surface area contributed by atoms with Crippen LogP contribution < -0.4 is 16.0 Å². The molecule has 28 heavy (non-hydrogen) atoms. The third-order valence-electron chi connectivity index (χ3n) is 4.18. The highest BCUT2D eigenvalue weighted by Crippen LogP contribution is 2.29. The molecule has 0 radical (unpaired) electrons. The third-order valence-corrected chi connectivity index (χ3v) is 5.95. The lowest BCUT2D eigenvalue weighted by molar-refractivity contribution is -0.137. The van der Waals surface area contributed by atoms with Gasteiger partial charge >= 0.3 is 6.18 Å². The summed E-state index contributed by atoms with van der Waals surface area (Å²) >= 11 is 0. The molecule has 0 aliphatic carbocycles. The van der Waals surface area contributed by atoms with Crippen LogP contribution in [0.3, 0.4) is 0 Å². The highest BCUT2D eigenvalue weighted by Gasteiger charge is 2.30. The van der Waals surface area contributed by atoms with Gasteiger partial charge < -0.3 is 16.0 Å². The number of alkyl halides is 3. The van der Waals surface area contributed by atoms with Crippen molar-refractivity contribution < 1.29 is 26.4 Å². The topological polar surface area (TPSA) is 99.7 Å². The molecule has 1 aromatic rings. The van der Waals surface area contributed by atoms with E-state index in [9.17, 15) is 26.4 Å². The third kappa shape index (κ3) is 7.02. The Morgan fingerprint density at radius 3 is 2.64 bits per heavy atom. The predicted octanol–water partition coefficient (Wildman–Crippen LogP) is 1.06. The van der Waals surface area contributed by atoms with Crippen LogP contribution in [0.4, 0.5) is 13.2 Å². The molecule has 0 spiro atoms. The average Bonchev–Trinajstić information content (AvgIpc) is 2.95. The van der Waals surface area contributed by atoms with Gasteiger partial charge in [0.25, 0.3) is 0 Å². The van der Waals surface area contributed by atoms with Crippen LogP contribution in [0.1, 0.15) is 24.0 Å². The molecule has 1 fully saturated rings. The van der Waals surface area contributed by atoms with Gasteiger partial charge in [0.05, 0.1) is 17.1 Å². The van der Waals surface area contributed by atoms with Crippen LogP contribution in [-0.2, 0) is 27.4 Å². The van der Waals surface area contributed by atoms with E-state index in [-0.39, 0.29) is 43.0 Å². The number of amides is 1. The lowest BCUT2D eigenvalue weighted by Gasteiger charge is -2.14. The Morgan fingerprint density at radius 1 is 1.29 bits per heavy atom. The van der Waals surface area contributed by atoms with Crippen molar-refractivity contribution in [3.8, 4) is 0 Å². The molecular weight excluding hydrogens is 397 g/mol. The van der Waals surface area contributed by atoms with E-state index in [2.05, 4.69) is 20.9 Å². The number of guanidine groups is 1. The summed E-state index contributed by atoms with van der Waals surface area (Å²) in [6, 6.07) is 4.62. The lowest BCUT2D eigenvalue weighted by atomic mass is 10.1. The minimum Gasteiger partial charge on any atom is -0.356 e. The molecule has 1 unspecified atom stereocenters. The summed E-state index contributed by atoms with van der Waals surface area (Å²) in [6.07, 6.45) is -3.87. The number of hydrogen-bond donors (Lipinski definition) is 3. The SMILES string of the molecule is CN=C(NCCC(=O)NC1CCS(=O)(=O)C1)NCc1cccc(C(F)(F)F)c1. The first-order valence-electron chi connectivity index (χ1n) is 8.69. The van der Waals surface area contributed by atoms with Gasteiger partial charge in [-0.05, 0) is 24.1 Å². The fourth-order valence-electron chi connectivity index (χ4n) is 2.77. The van der Waals surface area contributed by atoms with E-state index in [4.69, 9.17) is 0 Å². The van der Waals surface area contributed by atoms with Crippen molar-refractivity contribution in [1.29, 1.82) is 0 Å². The number of carbonyl (C=O) groups is 1. The van der Waals surface area contributed by atoms with E-state index in [1.54, 1.807) is 6.07 Å².